The number of nitrogens with one attached hydrogen (secondary N) is 2. The number of benzene rings is 1. The number of amides is 3. The maximum absolute atomic E-state index is 11.9. The molecule has 0 saturated heterocycles. The van der Waals surface area contributed by atoms with Gasteiger partial charge in [0.25, 0.3) is 0 Å². The lowest BCUT2D eigenvalue weighted by Crippen LogP contribution is -2.41. The van der Waals surface area contributed by atoms with E-state index in [0.717, 1.165) is 16.8 Å². The highest BCUT2D eigenvalue weighted by Crippen LogP contribution is 2.24. The molecule has 0 spiro atoms. The molecule has 2 rings (SSSR count). The first-order valence-electron chi connectivity index (χ1n) is 6.97. The van der Waals surface area contributed by atoms with Crippen LogP contribution in [0, 0.1) is 13.8 Å². The van der Waals surface area contributed by atoms with Crippen LogP contribution in [0.1, 0.15) is 18.1 Å². The number of thioether (sulfide) groups is 1. The Bertz CT molecular complexity index is 730. The molecule has 3 amide bonds. The molecule has 1 atom stereocenters. The Kier molecular flexibility index (Phi) is 5.32. The van der Waals surface area contributed by atoms with E-state index in [-0.39, 0.29) is 0 Å². The molecule has 122 valence electrons. The van der Waals surface area contributed by atoms with Crippen LogP contribution in [0.3, 0.4) is 0 Å². The molecule has 1 aromatic heterocycles. The van der Waals surface area contributed by atoms with Crippen molar-refractivity contribution in [1.82, 2.24) is 30.8 Å². The fraction of sp³-hybridized carbons (Fsp3) is 0.357. The van der Waals surface area contributed by atoms with Gasteiger partial charge in [0, 0.05) is 7.05 Å². The van der Waals surface area contributed by atoms with Crippen molar-refractivity contribution in [3.05, 3.63) is 29.3 Å². The fourth-order valence-corrected chi connectivity index (χ4v) is 2.73. The number of aryl methyl sites for hydroxylation is 2. The van der Waals surface area contributed by atoms with Crippen LogP contribution in [0.5, 0.6) is 0 Å². The van der Waals surface area contributed by atoms with E-state index in [9.17, 15) is 9.59 Å². The van der Waals surface area contributed by atoms with Crippen molar-refractivity contribution >= 4 is 23.7 Å². The molecule has 8 nitrogen and oxygen atoms in total. The average Bonchev–Trinajstić information content (AvgIpc) is 2.94. The van der Waals surface area contributed by atoms with Gasteiger partial charge in [0.2, 0.25) is 11.1 Å². The van der Waals surface area contributed by atoms with E-state index >= 15 is 0 Å². The van der Waals surface area contributed by atoms with Gasteiger partial charge < -0.3 is 5.32 Å². The van der Waals surface area contributed by atoms with Crippen LogP contribution in [-0.2, 0) is 4.79 Å². The number of nitrogens with zero attached hydrogens (tertiary/aromatic N) is 4. The van der Waals surface area contributed by atoms with Crippen LogP contribution in [-0.4, -0.2) is 44.4 Å². The standard InChI is InChI=1S/C14H18N6O2S/c1-8-5-6-11(9(2)7-8)20-14(17-18-19-20)23-10(3)12(21)16-13(22)15-4/h5-7,10H,1-4H3,(H2,15,16,21,22)/t10-/m0/s1. The van der Waals surface area contributed by atoms with Gasteiger partial charge in [0.05, 0.1) is 10.9 Å². The first-order valence-corrected chi connectivity index (χ1v) is 7.85. The average molecular weight is 334 g/mol. The number of carbonyl (C=O) groups excluding carboxylic acids is 2. The highest BCUT2D eigenvalue weighted by atomic mass is 32.2. The first kappa shape index (κ1) is 16.9. The van der Waals surface area contributed by atoms with E-state index in [1.54, 1.807) is 11.6 Å². The number of carbonyl (C=O) groups is 2. The highest BCUT2D eigenvalue weighted by Gasteiger charge is 2.21. The van der Waals surface area contributed by atoms with E-state index in [2.05, 4.69) is 26.2 Å². The van der Waals surface area contributed by atoms with Crippen molar-refractivity contribution in [3.8, 4) is 5.69 Å². The predicted octanol–water partition coefficient (Wildman–Crippen LogP) is 1.22. The van der Waals surface area contributed by atoms with Crippen molar-refractivity contribution in [2.75, 3.05) is 7.05 Å². The molecule has 0 fully saturated rings. The van der Waals surface area contributed by atoms with Gasteiger partial charge in [-0.15, -0.1) is 5.10 Å². The van der Waals surface area contributed by atoms with Crippen LogP contribution >= 0.6 is 11.8 Å². The molecule has 0 aliphatic carbocycles. The lowest BCUT2D eigenvalue weighted by molar-refractivity contribution is -0.119. The topological polar surface area (TPSA) is 102 Å². The van der Waals surface area contributed by atoms with Gasteiger partial charge in [-0.05, 0) is 42.8 Å². The van der Waals surface area contributed by atoms with E-state index in [0.29, 0.717) is 5.16 Å². The lowest BCUT2D eigenvalue weighted by Gasteiger charge is -2.12. The third-order valence-electron chi connectivity index (χ3n) is 3.14. The zero-order valence-electron chi connectivity index (χ0n) is 13.3. The Morgan fingerprint density at radius 2 is 2.04 bits per heavy atom. The molecular weight excluding hydrogens is 316 g/mol. The van der Waals surface area contributed by atoms with Gasteiger partial charge in [-0.2, -0.15) is 4.68 Å². The molecule has 2 aromatic rings. The number of tetrazole rings is 1. The van der Waals surface area contributed by atoms with Crippen molar-refractivity contribution in [3.63, 3.8) is 0 Å². The third-order valence-corrected chi connectivity index (χ3v) is 4.17. The largest absolute Gasteiger partial charge is 0.341 e. The van der Waals surface area contributed by atoms with Crippen LogP contribution < -0.4 is 10.6 Å². The summed E-state index contributed by atoms with van der Waals surface area (Å²) in [6.45, 7) is 5.67. The Balaban J connectivity index is 2.18. The molecule has 2 N–H and O–H groups in total. The highest BCUT2D eigenvalue weighted by molar-refractivity contribution is 8.00. The van der Waals surface area contributed by atoms with Crippen LogP contribution in [0.15, 0.2) is 23.4 Å². The number of urea groups is 1. The summed E-state index contributed by atoms with van der Waals surface area (Å²) in [7, 11) is 1.45. The molecular formula is C14H18N6O2S. The summed E-state index contributed by atoms with van der Waals surface area (Å²) in [6.07, 6.45) is 0. The molecule has 0 saturated carbocycles. The third kappa shape index (κ3) is 4.07. The normalized spacial score (nSPS) is 11.8. The summed E-state index contributed by atoms with van der Waals surface area (Å²) in [5.41, 5.74) is 3.02. The number of rotatable bonds is 4. The van der Waals surface area contributed by atoms with Gasteiger partial charge in [0.15, 0.2) is 0 Å². The second kappa shape index (κ2) is 7.23. The molecule has 0 aliphatic heterocycles. The summed E-state index contributed by atoms with van der Waals surface area (Å²) in [4.78, 5) is 23.1. The summed E-state index contributed by atoms with van der Waals surface area (Å²) in [5, 5.41) is 16.2. The van der Waals surface area contributed by atoms with Gasteiger partial charge in [-0.1, -0.05) is 29.5 Å². The summed E-state index contributed by atoms with van der Waals surface area (Å²) in [6, 6.07) is 5.39. The Morgan fingerprint density at radius 3 is 2.70 bits per heavy atom. The number of imide groups is 1. The fourth-order valence-electron chi connectivity index (χ4n) is 1.93. The molecule has 0 radical (unpaired) electrons. The van der Waals surface area contributed by atoms with Crippen LogP contribution in [0.2, 0.25) is 0 Å². The quantitative estimate of drug-likeness (QED) is 0.815. The van der Waals surface area contributed by atoms with Crippen LogP contribution in [0.4, 0.5) is 4.79 Å². The second-order valence-electron chi connectivity index (χ2n) is 4.99. The molecule has 0 bridgehead atoms. The van der Waals surface area contributed by atoms with Gasteiger partial charge in [-0.25, -0.2) is 4.79 Å². The first-order chi connectivity index (χ1) is 10.9. The summed E-state index contributed by atoms with van der Waals surface area (Å²) in [5.74, 6) is -0.412. The Labute approximate surface area is 138 Å². The molecule has 1 aromatic carbocycles. The van der Waals surface area contributed by atoms with Gasteiger partial charge >= 0.3 is 6.03 Å². The smallest absolute Gasteiger partial charge is 0.321 e. The van der Waals surface area contributed by atoms with E-state index in [4.69, 9.17) is 0 Å². The number of hydrogen-bond acceptors (Lipinski definition) is 6. The Hall–Kier alpha value is -2.42. The van der Waals surface area contributed by atoms with E-state index in [1.807, 2.05) is 32.0 Å². The molecule has 0 aliphatic rings. The summed E-state index contributed by atoms with van der Waals surface area (Å²) < 4.78 is 1.59. The maximum atomic E-state index is 11.9. The number of aromatic nitrogens is 4. The van der Waals surface area contributed by atoms with Gasteiger partial charge in [0.1, 0.15) is 0 Å². The number of hydrogen-bond donors (Lipinski definition) is 2. The van der Waals surface area contributed by atoms with Crippen molar-refractivity contribution < 1.29 is 9.59 Å². The minimum Gasteiger partial charge on any atom is -0.341 e. The minimum absolute atomic E-state index is 0.412. The maximum Gasteiger partial charge on any atom is 0.321 e. The summed E-state index contributed by atoms with van der Waals surface area (Å²) >= 11 is 1.18. The molecule has 0 unspecified atom stereocenters. The second-order valence-corrected chi connectivity index (χ2v) is 6.30. The van der Waals surface area contributed by atoms with E-state index in [1.165, 1.54) is 18.8 Å². The molecule has 1 heterocycles. The van der Waals surface area contributed by atoms with Crippen LogP contribution in [0.25, 0.3) is 5.69 Å². The lowest BCUT2D eigenvalue weighted by atomic mass is 10.1. The molecule has 9 heteroatoms. The van der Waals surface area contributed by atoms with Gasteiger partial charge in [-0.3, -0.25) is 10.1 Å². The minimum atomic E-state index is -0.545. The van der Waals surface area contributed by atoms with E-state index < -0.39 is 17.2 Å². The zero-order chi connectivity index (χ0) is 17.0. The Morgan fingerprint density at radius 1 is 1.30 bits per heavy atom. The van der Waals surface area contributed by atoms with Crippen molar-refractivity contribution in [2.45, 2.75) is 31.2 Å². The zero-order valence-corrected chi connectivity index (χ0v) is 14.1. The SMILES string of the molecule is CNC(=O)NC(=O)[C@H](C)Sc1nnnn1-c1ccc(C)cc1C. The molecule has 23 heavy (non-hydrogen) atoms. The van der Waals surface area contributed by atoms with Crippen molar-refractivity contribution in [2.24, 2.45) is 0 Å². The van der Waals surface area contributed by atoms with Crippen molar-refractivity contribution in [1.29, 1.82) is 0 Å². The monoisotopic (exact) mass is 334 g/mol. The predicted molar refractivity (Wildman–Crippen MR) is 86.5 cm³/mol.